The molecule has 3 nitrogen and oxygen atoms in total. The first-order chi connectivity index (χ1) is 8.74. The van der Waals surface area contributed by atoms with Crippen molar-refractivity contribution in [1.82, 2.24) is 10.2 Å². The van der Waals surface area contributed by atoms with Crippen LogP contribution in [0.2, 0.25) is 0 Å². The second-order valence-corrected chi connectivity index (χ2v) is 6.53. The SMILES string of the molecule is COCC1(CN(C)CC2CCCC2)CCNCC1. The average molecular weight is 254 g/mol. The summed E-state index contributed by atoms with van der Waals surface area (Å²) in [6.07, 6.45) is 8.31. The molecule has 0 aromatic heterocycles. The number of nitrogens with one attached hydrogen (secondary N) is 1. The van der Waals surface area contributed by atoms with Gasteiger partial charge in [-0.3, -0.25) is 0 Å². The molecule has 0 amide bonds. The molecule has 1 saturated carbocycles. The molecule has 18 heavy (non-hydrogen) atoms. The molecule has 1 heterocycles. The van der Waals surface area contributed by atoms with Crippen LogP contribution in [0.4, 0.5) is 0 Å². The van der Waals surface area contributed by atoms with Crippen molar-refractivity contribution in [3.05, 3.63) is 0 Å². The lowest BCUT2D eigenvalue weighted by atomic mass is 9.79. The fraction of sp³-hybridized carbons (Fsp3) is 1.00. The van der Waals surface area contributed by atoms with E-state index in [0.29, 0.717) is 5.41 Å². The molecule has 1 aliphatic carbocycles. The first kappa shape index (κ1) is 14.3. The van der Waals surface area contributed by atoms with Gasteiger partial charge >= 0.3 is 0 Å². The fourth-order valence-corrected chi connectivity index (χ4v) is 3.88. The first-order valence-electron chi connectivity index (χ1n) is 7.62. The van der Waals surface area contributed by atoms with Gasteiger partial charge in [0.05, 0.1) is 6.61 Å². The van der Waals surface area contributed by atoms with Crippen LogP contribution in [0.15, 0.2) is 0 Å². The van der Waals surface area contributed by atoms with Crippen molar-refractivity contribution in [3.8, 4) is 0 Å². The number of rotatable bonds is 6. The monoisotopic (exact) mass is 254 g/mol. The molecule has 0 radical (unpaired) electrons. The van der Waals surface area contributed by atoms with Gasteiger partial charge in [-0.25, -0.2) is 0 Å². The molecule has 1 aliphatic heterocycles. The Labute approximate surface area is 112 Å². The summed E-state index contributed by atoms with van der Waals surface area (Å²) < 4.78 is 5.50. The molecular formula is C15H30N2O. The minimum atomic E-state index is 0.396. The molecule has 2 rings (SSSR count). The Morgan fingerprint density at radius 2 is 1.89 bits per heavy atom. The molecule has 0 aromatic carbocycles. The summed E-state index contributed by atoms with van der Waals surface area (Å²) in [6, 6.07) is 0. The predicted molar refractivity (Wildman–Crippen MR) is 75.9 cm³/mol. The predicted octanol–water partition coefficient (Wildman–Crippen LogP) is 2.12. The highest BCUT2D eigenvalue weighted by atomic mass is 16.5. The van der Waals surface area contributed by atoms with Crippen LogP contribution in [-0.2, 0) is 4.74 Å². The first-order valence-corrected chi connectivity index (χ1v) is 7.62. The van der Waals surface area contributed by atoms with Crippen molar-refractivity contribution in [1.29, 1.82) is 0 Å². The lowest BCUT2D eigenvalue weighted by molar-refractivity contribution is 0.0255. The molecule has 2 fully saturated rings. The molecule has 0 bridgehead atoms. The number of piperidine rings is 1. The lowest BCUT2D eigenvalue weighted by Crippen LogP contribution is -2.47. The van der Waals surface area contributed by atoms with E-state index in [0.717, 1.165) is 25.6 Å². The third-order valence-corrected chi connectivity index (χ3v) is 4.76. The van der Waals surface area contributed by atoms with E-state index >= 15 is 0 Å². The van der Waals surface area contributed by atoms with Gasteiger partial charge in [-0.05, 0) is 51.7 Å². The quantitative estimate of drug-likeness (QED) is 0.786. The zero-order chi connectivity index (χ0) is 12.8. The van der Waals surface area contributed by atoms with Gasteiger partial charge in [-0.15, -0.1) is 0 Å². The molecule has 0 unspecified atom stereocenters. The molecule has 2 aliphatic rings. The molecule has 1 saturated heterocycles. The number of methoxy groups -OCH3 is 1. The third kappa shape index (κ3) is 3.94. The maximum Gasteiger partial charge on any atom is 0.0531 e. The van der Waals surface area contributed by atoms with Gasteiger partial charge in [0.25, 0.3) is 0 Å². The minimum Gasteiger partial charge on any atom is -0.384 e. The number of nitrogens with zero attached hydrogens (tertiary/aromatic N) is 1. The van der Waals surface area contributed by atoms with Crippen LogP contribution in [0, 0.1) is 11.3 Å². The molecule has 0 spiro atoms. The van der Waals surface area contributed by atoms with E-state index in [1.807, 2.05) is 7.11 Å². The van der Waals surface area contributed by atoms with Crippen molar-refractivity contribution < 1.29 is 4.74 Å². The maximum atomic E-state index is 5.50. The van der Waals surface area contributed by atoms with Gasteiger partial charge in [-0.1, -0.05) is 12.8 Å². The van der Waals surface area contributed by atoms with Crippen LogP contribution in [-0.4, -0.2) is 51.8 Å². The highest BCUT2D eigenvalue weighted by Gasteiger charge is 2.33. The normalized spacial score (nSPS) is 24.8. The second-order valence-electron chi connectivity index (χ2n) is 6.53. The second kappa shape index (κ2) is 6.88. The number of ether oxygens (including phenoxy) is 1. The van der Waals surface area contributed by atoms with Crippen LogP contribution in [0.25, 0.3) is 0 Å². The summed E-state index contributed by atoms with van der Waals surface area (Å²) >= 11 is 0. The summed E-state index contributed by atoms with van der Waals surface area (Å²) in [5.74, 6) is 0.955. The van der Waals surface area contributed by atoms with E-state index in [1.165, 1.54) is 51.6 Å². The molecular weight excluding hydrogens is 224 g/mol. The van der Waals surface area contributed by atoms with E-state index in [4.69, 9.17) is 4.74 Å². The topological polar surface area (TPSA) is 24.5 Å². The van der Waals surface area contributed by atoms with Gasteiger partial charge in [0.1, 0.15) is 0 Å². The minimum absolute atomic E-state index is 0.396. The van der Waals surface area contributed by atoms with Gasteiger partial charge < -0.3 is 15.0 Å². The summed E-state index contributed by atoms with van der Waals surface area (Å²) in [5.41, 5.74) is 0.396. The molecule has 3 heteroatoms. The van der Waals surface area contributed by atoms with Gasteiger partial charge in [0.2, 0.25) is 0 Å². The van der Waals surface area contributed by atoms with Gasteiger partial charge in [0, 0.05) is 25.6 Å². The molecule has 0 aromatic rings. The summed E-state index contributed by atoms with van der Waals surface area (Å²) in [6.45, 7) is 5.73. The number of hydrogen-bond acceptors (Lipinski definition) is 3. The Kier molecular flexibility index (Phi) is 5.46. The summed E-state index contributed by atoms with van der Waals surface area (Å²) in [4.78, 5) is 2.57. The van der Waals surface area contributed by atoms with Crippen LogP contribution < -0.4 is 5.32 Å². The van der Waals surface area contributed by atoms with Crippen molar-refractivity contribution in [3.63, 3.8) is 0 Å². The van der Waals surface area contributed by atoms with E-state index in [2.05, 4.69) is 17.3 Å². The molecule has 0 atom stereocenters. The van der Waals surface area contributed by atoms with Crippen molar-refractivity contribution >= 4 is 0 Å². The smallest absolute Gasteiger partial charge is 0.0531 e. The van der Waals surface area contributed by atoms with Crippen LogP contribution in [0.1, 0.15) is 38.5 Å². The summed E-state index contributed by atoms with van der Waals surface area (Å²) in [7, 11) is 4.15. The lowest BCUT2D eigenvalue weighted by Gasteiger charge is -2.40. The Balaban J connectivity index is 1.82. The highest BCUT2D eigenvalue weighted by Crippen LogP contribution is 2.31. The molecule has 106 valence electrons. The van der Waals surface area contributed by atoms with Gasteiger partial charge in [-0.2, -0.15) is 0 Å². The Hall–Kier alpha value is -0.120. The maximum absolute atomic E-state index is 5.50. The Morgan fingerprint density at radius 1 is 1.22 bits per heavy atom. The zero-order valence-corrected chi connectivity index (χ0v) is 12.2. The van der Waals surface area contributed by atoms with Crippen LogP contribution in [0.5, 0.6) is 0 Å². The van der Waals surface area contributed by atoms with Crippen molar-refractivity contribution in [2.45, 2.75) is 38.5 Å². The Bertz CT molecular complexity index is 227. The van der Waals surface area contributed by atoms with Crippen molar-refractivity contribution in [2.24, 2.45) is 11.3 Å². The molecule has 1 N–H and O–H groups in total. The highest BCUT2D eigenvalue weighted by molar-refractivity contribution is 4.87. The largest absolute Gasteiger partial charge is 0.384 e. The zero-order valence-electron chi connectivity index (χ0n) is 12.2. The Morgan fingerprint density at radius 3 is 2.50 bits per heavy atom. The van der Waals surface area contributed by atoms with Gasteiger partial charge in [0.15, 0.2) is 0 Å². The summed E-state index contributed by atoms with van der Waals surface area (Å²) in [5, 5.41) is 3.47. The third-order valence-electron chi connectivity index (χ3n) is 4.76. The van der Waals surface area contributed by atoms with E-state index < -0.39 is 0 Å². The van der Waals surface area contributed by atoms with E-state index in [9.17, 15) is 0 Å². The van der Waals surface area contributed by atoms with Crippen LogP contribution in [0.3, 0.4) is 0 Å². The fourth-order valence-electron chi connectivity index (χ4n) is 3.88. The van der Waals surface area contributed by atoms with Crippen molar-refractivity contribution in [2.75, 3.05) is 46.9 Å². The standard InChI is InChI=1S/C15H30N2O/c1-17(11-14-5-3-4-6-14)12-15(13-18-2)7-9-16-10-8-15/h14,16H,3-13H2,1-2H3. The van der Waals surface area contributed by atoms with E-state index in [-0.39, 0.29) is 0 Å². The number of hydrogen-bond donors (Lipinski definition) is 1. The van der Waals surface area contributed by atoms with Crippen LogP contribution >= 0.6 is 0 Å². The van der Waals surface area contributed by atoms with E-state index in [1.54, 1.807) is 0 Å². The average Bonchev–Trinajstić information content (AvgIpc) is 2.83.